The monoisotopic (exact) mass is 356 g/mol. The summed E-state index contributed by atoms with van der Waals surface area (Å²) in [5, 5.41) is 11.4. The molecular formula is C17H20N6OS. The molecule has 1 saturated heterocycles. The number of rotatable bonds is 4. The fraction of sp³-hybridized carbons (Fsp3) is 0.412. The van der Waals surface area contributed by atoms with E-state index in [0.717, 1.165) is 53.6 Å². The van der Waals surface area contributed by atoms with Crippen LogP contribution < -0.4 is 9.64 Å². The van der Waals surface area contributed by atoms with Crippen molar-refractivity contribution in [2.24, 2.45) is 0 Å². The van der Waals surface area contributed by atoms with Gasteiger partial charge in [-0.15, -0.1) is 21.5 Å². The van der Waals surface area contributed by atoms with E-state index >= 15 is 0 Å². The first kappa shape index (κ1) is 16.2. The molecule has 0 unspecified atom stereocenters. The van der Waals surface area contributed by atoms with Crippen LogP contribution in [-0.4, -0.2) is 58.4 Å². The van der Waals surface area contributed by atoms with Crippen molar-refractivity contribution in [3.8, 4) is 5.88 Å². The average Bonchev–Trinajstić information content (AvgIpc) is 3.06. The summed E-state index contributed by atoms with van der Waals surface area (Å²) in [6.45, 7) is 6.88. The highest BCUT2D eigenvalue weighted by Crippen LogP contribution is 2.27. The summed E-state index contributed by atoms with van der Waals surface area (Å²) in [7, 11) is 1.64. The molecule has 0 atom stereocenters. The number of fused-ring (bicyclic) bond motifs is 1. The van der Waals surface area contributed by atoms with Gasteiger partial charge >= 0.3 is 0 Å². The second kappa shape index (κ2) is 6.89. The molecule has 0 N–H and O–H groups in total. The molecule has 1 aliphatic rings. The van der Waals surface area contributed by atoms with Crippen molar-refractivity contribution in [1.29, 1.82) is 0 Å². The molecule has 0 radical (unpaired) electrons. The molecular weight excluding hydrogens is 336 g/mol. The zero-order chi connectivity index (χ0) is 17.2. The lowest BCUT2D eigenvalue weighted by atomic mass is 10.2. The normalized spacial score (nSPS) is 15.7. The molecule has 3 heterocycles. The van der Waals surface area contributed by atoms with Crippen LogP contribution >= 0.6 is 11.3 Å². The molecule has 3 aromatic rings. The van der Waals surface area contributed by atoms with Crippen molar-refractivity contribution in [1.82, 2.24) is 25.1 Å². The molecule has 0 bridgehead atoms. The van der Waals surface area contributed by atoms with Crippen molar-refractivity contribution in [2.75, 3.05) is 38.2 Å². The zero-order valence-electron chi connectivity index (χ0n) is 14.3. The van der Waals surface area contributed by atoms with E-state index in [0.29, 0.717) is 5.88 Å². The topological polar surface area (TPSA) is 67.3 Å². The van der Waals surface area contributed by atoms with E-state index in [9.17, 15) is 0 Å². The Morgan fingerprint density at radius 1 is 1.12 bits per heavy atom. The van der Waals surface area contributed by atoms with Crippen molar-refractivity contribution < 1.29 is 4.74 Å². The molecule has 25 heavy (non-hydrogen) atoms. The molecule has 8 heteroatoms. The lowest BCUT2D eigenvalue weighted by Gasteiger charge is -2.35. The smallest absolute Gasteiger partial charge is 0.224 e. The van der Waals surface area contributed by atoms with Gasteiger partial charge in [-0.3, -0.25) is 4.90 Å². The lowest BCUT2D eigenvalue weighted by molar-refractivity contribution is 0.249. The van der Waals surface area contributed by atoms with Crippen LogP contribution in [0.1, 0.15) is 10.0 Å². The highest BCUT2D eigenvalue weighted by molar-refractivity contribution is 7.11. The van der Waals surface area contributed by atoms with E-state index in [4.69, 9.17) is 4.74 Å². The van der Waals surface area contributed by atoms with Gasteiger partial charge in [0.15, 0.2) is 0 Å². The van der Waals surface area contributed by atoms with Gasteiger partial charge in [0.25, 0.3) is 0 Å². The average molecular weight is 356 g/mol. The maximum absolute atomic E-state index is 5.37. The summed E-state index contributed by atoms with van der Waals surface area (Å²) in [6.07, 6.45) is 1.54. The Labute approximate surface area is 150 Å². The lowest BCUT2D eigenvalue weighted by Crippen LogP contribution is -2.45. The number of hydrogen-bond donors (Lipinski definition) is 0. The number of hydrogen-bond acceptors (Lipinski definition) is 8. The first-order valence-corrected chi connectivity index (χ1v) is 9.09. The molecule has 0 amide bonds. The fourth-order valence-corrected chi connectivity index (χ4v) is 3.89. The molecule has 0 saturated carbocycles. The van der Waals surface area contributed by atoms with E-state index in [1.54, 1.807) is 18.4 Å². The Balaban J connectivity index is 1.46. The molecule has 4 rings (SSSR count). The van der Waals surface area contributed by atoms with Crippen LogP contribution in [0.2, 0.25) is 0 Å². The summed E-state index contributed by atoms with van der Waals surface area (Å²) in [5.41, 5.74) is 2.09. The van der Waals surface area contributed by atoms with Gasteiger partial charge in [-0.2, -0.15) is 0 Å². The Bertz CT molecular complexity index is 874. The van der Waals surface area contributed by atoms with E-state index in [1.165, 1.54) is 12.0 Å². The van der Waals surface area contributed by atoms with Gasteiger partial charge in [-0.25, -0.2) is 9.97 Å². The van der Waals surface area contributed by atoms with Crippen LogP contribution in [0.3, 0.4) is 0 Å². The number of nitrogens with zero attached hydrogens (tertiary/aromatic N) is 6. The zero-order valence-corrected chi connectivity index (χ0v) is 15.2. The molecule has 0 aliphatic carbocycles. The van der Waals surface area contributed by atoms with Gasteiger partial charge in [0.05, 0.1) is 24.6 Å². The highest BCUT2D eigenvalue weighted by Gasteiger charge is 2.19. The van der Waals surface area contributed by atoms with Gasteiger partial charge in [0.2, 0.25) is 5.88 Å². The van der Waals surface area contributed by atoms with Crippen molar-refractivity contribution >= 4 is 27.9 Å². The summed E-state index contributed by atoms with van der Waals surface area (Å²) in [4.78, 5) is 13.3. The summed E-state index contributed by atoms with van der Waals surface area (Å²) >= 11 is 1.68. The minimum atomic E-state index is 0.622. The quantitative estimate of drug-likeness (QED) is 0.709. The minimum Gasteiger partial charge on any atom is -0.480 e. The predicted molar refractivity (Wildman–Crippen MR) is 98.2 cm³/mol. The maximum atomic E-state index is 5.37. The van der Waals surface area contributed by atoms with Gasteiger partial charge < -0.3 is 9.64 Å². The number of aromatic nitrogens is 4. The number of methoxy groups -OCH3 is 1. The highest BCUT2D eigenvalue weighted by atomic mass is 32.1. The second-order valence-corrected chi connectivity index (χ2v) is 7.33. The van der Waals surface area contributed by atoms with Crippen LogP contribution in [-0.2, 0) is 6.54 Å². The Morgan fingerprint density at radius 2 is 1.96 bits per heavy atom. The Kier molecular flexibility index (Phi) is 4.46. The molecule has 2 aromatic heterocycles. The molecule has 1 fully saturated rings. The van der Waals surface area contributed by atoms with Crippen molar-refractivity contribution in [3.05, 3.63) is 34.5 Å². The standard InChI is InChI=1S/C17H20N6OS/c1-12-20-21-16(25-12)10-22-5-7-23(8-6-22)13-3-4-15-14(9-13)17(24-2)19-11-18-15/h3-4,9,11H,5-8,10H2,1-2H3. The SMILES string of the molecule is COc1ncnc2ccc(N3CCN(Cc4nnc(C)s4)CC3)cc12. The third-order valence-electron chi connectivity index (χ3n) is 4.44. The van der Waals surface area contributed by atoms with E-state index in [2.05, 4.69) is 42.1 Å². The van der Waals surface area contributed by atoms with Crippen LogP contribution in [0, 0.1) is 6.92 Å². The molecule has 1 aromatic carbocycles. The minimum absolute atomic E-state index is 0.622. The van der Waals surface area contributed by atoms with Gasteiger partial charge in [0, 0.05) is 31.9 Å². The summed E-state index contributed by atoms with van der Waals surface area (Å²) in [6, 6.07) is 6.28. The van der Waals surface area contributed by atoms with Crippen LogP contribution in [0.5, 0.6) is 5.88 Å². The number of anilines is 1. The third-order valence-corrected chi connectivity index (χ3v) is 5.26. The van der Waals surface area contributed by atoms with E-state index < -0.39 is 0 Å². The number of benzene rings is 1. The number of aryl methyl sites for hydroxylation is 1. The van der Waals surface area contributed by atoms with Crippen LogP contribution in [0.25, 0.3) is 10.9 Å². The van der Waals surface area contributed by atoms with Gasteiger partial charge in [-0.1, -0.05) is 0 Å². The van der Waals surface area contributed by atoms with E-state index in [-0.39, 0.29) is 0 Å². The van der Waals surface area contributed by atoms with Gasteiger partial charge in [-0.05, 0) is 25.1 Å². The number of piperazine rings is 1. The summed E-state index contributed by atoms with van der Waals surface area (Å²) < 4.78 is 5.37. The first-order chi connectivity index (χ1) is 12.2. The Morgan fingerprint density at radius 3 is 2.68 bits per heavy atom. The first-order valence-electron chi connectivity index (χ1n) is 8.28. The van der Waals surface area contributed by atoms with E-state index in [1.807, 2.05) is 13.0 Å². The molecule has 0 spiro atoms. The largest absolute Gasteiger partial charge is 0.480 e. The predicted octanol–water partition coefficient (Wildman–Crippen LogP) is 2.12. The second-order valence-electron chi connectivity index (χ2n) is 6.06. The van der Waals surface area contributed by atoms with Gasteiger partial charge in [0.1, 0.15) is 16.3 Å². The van der Waals surface area contributed by atoms with Crippen molar-refractivity contribution in [3.63, 3.8) is 0 Å². The molecule has 130 valence electrons. The van der Waals surface area contributed by atoms with Crippen LogP contribution in [0.15, 0.2) is 24.5 Å². The molecule has 7 nitrogen and oxygen atoms in total. The maximum Gasteiger partial charge on any atom is 0.224 e. The molecule has 1 aliphatic heterocycles. The Hall–Kier alpha value is -2.32. The fourth-order valence-electron chi connectivity index (χ4n) is 3.14. The number of ether oxygens (including phenoxy) is 1. The van der Waals surface area contributed by atoms with Crippen molar-refractivity contribution in [2.45, 2.75) is 13.5 Å². The summed E-state index contributed by atoms with van der Waals surface area (Å²) in [5.74, 6) is 0.622. The third kappa shape index (κ3) is 3.40. The van der Waals surface area contributed by atoms with Crippen LogP contribution in [0.4, 0.5) is 5.69 Å².